The molecule has 0 amide bonds. The van der Waals surface area contributed by atoms with Crippen LogP contribution in [0.3, 0.4) is 0 Å². The lowest BCUT2D eigenvalue weighted by Crippen LogP contribution is -2.57. The maximum Gasteiger partial charge on any atom is 0.336 e. The van der Waals surface area contributed by atoms with Crippen molar-refractivity contribution < 1.29 is 29.7 Å². The van der Waals surface area contributed by atoms with Crippen LogP contribution in [-0.4, -0.2) is 44.3 Å². The molecule has 1 heterocycles. The number of carboxylic acids is 3. The largest absolute Gasteiger partial charge is 0.478 e. The Hall–Kier alpha value is -2.41. The summed E-state index contributed by atoms with van der Waals surface area (Å²) in [5.74, 6) is -4.46. The first kappa shape index (κ1) is 18.9. The van der Waals surface area contributed by atoms with E-state index >= 15 is 0 Å². The van der Waals surface area contributed by atoms with Gasteiger partial charge in [-0.05, 0) is 64.2 Å². The summed E-state index contributed by atoms with van der Waals surface area (Å²) in [5.41, 5.74) is -1.56. The number of rotatable bonds is 4. The van der Waals surface area contributed by atoms with Gasteiger partial charge in [-0.15, -0.1) is 0 Å². The van der Waals surface area contributed by atoms with Gasteiger partial charge in [0.1, 0.15) is 0 Å². The van der Waals surface area contributed by atoms with Gasteiger partial charge in [0.25, 0.3) is 0 Å². The third kappa shape index (κ3) is 3.82. The highest BCUT2D eigenvalue weighted by atomic mass is 16.4. The minimum atomic E-state index is -1.43. The van der Waals surface area contributed by atoms with Gasteiger partial charge in [-0.2, -0.15) is 0 Å². The molecule has 0 bridgehead atoms. The average Bonchev–Trinajstić information content (AvgIpc) is 2.41. The Morgan fingerprint density at radius 2 is 1.32 bits per heavy atom. The van der Waals surface area contributed by atoms with E-state index < -0.39 is 23.5 Å². The van der Waals surface area contributed by atoms with E-state index in [2.05, 4.69) is 5.32 Å². The number of hydrogen-bond acceptors (Lipinski definition) is 4. The molecule has 0 spiro atoms. The first-order chi connectivity index (χ1) is 11.3. The monoisotopic (exact) mass is 349 g/mol. The maximum absolute atomic E-state index is 11.8. The Labute approximate surface area is 145 Å². The highest BCUT2D eigenvalue weighted by molar-refractivity contribution is 6.05. The number of aromatic carboxylic acids is 3. The summed E-state index contributed by atoms with van der Waals surface area (Å²) in [6.07, 6.45) is 1.00. The molecule has 136 valence electrons. The quantitative estimate of drug-likeness (QED) is 0.659. The molecule has 0 aromatic heterocycles. The van der Waals surface area contributed by atoms with Gasteiger partial charge in [0.15, 0.2) is 0 Å². The zero-order chi connectivity index (χ0) is 19.2. The van der Waals surface area contributed by atoms with Gasteiger partial charge in [-0.25, -0.2) is 14.4 Å². The fourth-order valence-corrected chi connectivity index (χ4v) is 4.17. The fraction of sp³-hybridized carbons (Fsp3) is 0.500. The molecule has 1 aliphatic rings. The minimum absolute atomic E-state index is 0.0996. The van der Waals surface area contributed by atoms with Crippen LogP contribution in [0.25, 0.3) is 0 Å². The molecule has 1 aliphatic heterocycles. The van der Waals surface area contributed by atoms with E-state index in [0.717, 1.165) is 6.07 Å². The molecule has 4 N–H and O–H groups in total. The molecule has 0 radical (unpaired) electrons. The van der Waals surface area contributed by atoms with E-state index in [1.165, 1.54) is 6.07 Å². The van der Waals surface area contributed by atoms with Crippen LogP contribution < -0.4 is 5.32 Å². The van der Waals surface area contributed by atoms with Crippen LogP contribution >= 0.6 is 0 Å². The summed E-state index contributed by atoms with van der Waals surface area (Å²) in [6, 6.07) is 2.24. The minimum Gasteiger partial charge on any atom is -0.478 e. The van der Waals surface area contributed by atoms with Crippen LogP contribution in [0.15, 0.2) is 12.1 Å². The highest BCUT2D eigenvalue weighted by Crippen LogP contribution is 2.42. The van der Waals surface area contributed by atoms with Crippen LogP contribution in [0.1, 0.15) is 83.1 Å². The molecule has 1 aromatic carbocycles. The van der Waals surface area contributed by atoms with Crippen molar-refractivity contribution in [2.75, 3.05) is 0 Å². The molecule has 0 atom stereocenters. The second-order valence-corrected chi connectivity index (χ2v) is 7.86. The number of carbonyl (C=O) groups is 3. The first-order valence-electron chi connectivity index (χ1n) is 8.01. The second kappa shape index (κ2) is 6.15. The summed E-state index contributed by atoms with van der Waals surface area (Å²) >= 11 is 0. The Bertz CT molecular complexity index is 734. The van der Waals surface area contributed by atoms with Gasteiger partial charge < -0.3 is 20.6 Å². The summed E-state index contributed by atoms with van der Waals surface area (Å²) in [5, 5.41) is 32.0. The summed E-state index contributed by atoms with van der Waals surface area (Å²) in [7, 11) is 0. The molecule has 2 rings (SSSR count). The van der Waals surface area contributed by atoms with E-state index in [1.54, 1.807) is 0 Å². The van der Waals surface area contributed by atoms with Crippen molar-refractivity contribution in [3.8, 4) is 0 Å². The van der Waals surface area contributed by atoms with Gasteiger partial charge in [0.05, 0.1) is 16.7 Å². The van der Waals surface area contributed by atoms with Gasteiger partial charge in [0.2, 0.25) is 0 Å². The topological polar surface area (TPSA) is 124 Å². The Morgan fingerprint density at radius 1 is 0.880 bits per heavy atom. The zero-order valence-electron chi connectivity index (χ0n) is 14.7. The molecule has 1 fully saturated rings. The highest BCUT2D eigenvalue weighted by Gasteiger charge is 2.41. The smallest absolute Gasteiger partial charge is 0.336 e. The van der Waals surface area contributed by atoms with Crippen molar-refractivity contribution in [1.82, 2.24) is 5.32 Å². The number of piperidine rings is 1. The van der Waals surface area contributed by atoms with Crippen LogP contribution in [0.5, 0.6) is 0 Å². The van der Waals surface area contributed by atoms with Crippen LogP contribution in [0.2, 0.25) is 0 Å². The van der Waals surface area contributed by atoms with Gasteiger partial charge >= 0.3 is 17.9 Å². The zero-order valence-corrected chi connectivity index (χ0v) is 14.7. The molecular formula is C18H23NO6. The van der Waals surface area contributed by atoms with Gasteiger partial charge in [-0.1, -0.05) is 0 Å². The third-order valence-electron chi connectivity index (χ3n) is 4.52. The van der Waals surface area contributed by atoms with Crippen LogP contribution in [0, 0.1) is 0 Å². The number of hydrogen-bond donors (Lipinski definition) is 4. The number of nitrogens with one attached hydrogen (secondary N) is 1. The lowest BCUT2D eigenvalue weighted by Gasteiger charge is -2.47. The van der Waals surface area contributed by atoms with E-state index in [4.69, 9.17) is 0 Å². The number of benzene rings is 1. The van der Waals surface area contributed by atoms with E-state index in [0.29, 0.717) is 12.8 Å². The SMILES string of the molecule is CC1(C)CC(c2c(C(=O)O)ccc(C(=O)O)c2C(=O)O)CC(C)(C)N1. The lowest BCUT2D eigenvalue weighted by atomic mass is 9.70. The van der Waals surface area contributed by atoms with Crippen molar-refractivity contribution in [3.63, 3.8) is 0 Å². The normalized spacial score (nSPS) is 19.4. The summed E-state index contributed by atoms with van der Waals surface area (Å²) in [6.45, 7) is 7.84. The molecule has 1 aromatic rings. The fourth-order valence-electron chi connectivity index (χ4n) is 4.17. The predicted octanol–water partition coefficient (Wildman–Crippen LogP) is 2.81. The molecule has 7 nitrogen and oxygen atoms in total. The molecule has 0 aliphatic carbocycles. The predicted molar refractivity (Wildman–Crippen MR) is 90.6 cm³/mol. The Kier molecular flexibility index (Phi) is 4.65. The van der Waals surface area contributed by atoms with E-state index in [1.807, 2.05) is 27.7 Å². The van der Waals surface area contributed by atoms with Crippen molar-refractivity contribution in [2.24, 2.45) is 0 Å². The summed E-state index contributed by atoms with van der Waals surface area (Å²) < 4.78 is 0. The molecule has 7 heteroatoms. The van der Waals surface area contributed by atoms with Crippen molar-refractivity contribution in [2.45, 2.75) is 57.5 Å². The standard InChI is InChI=1S/C18H23NO6/c1-17(2)7-9(8-18(3,4)19-17)12-10(14(20)21)5-6-11(15(22)23)13(12)16(24)25/h5-6,9,19H,7-8H2,1-4H3,(H,20,21)(H,22,23)(H,24,25). The average molecular weight is 349 g/mol. The number of carboxylic acid groups (broad SMARTS) is 3. The maximum atomic E-state index is 11.8. The molecule has 0 unspecified atom stereocenters. The summed E-state index contributed by atoms with van der Waals surface area (Å²) in [4.78, 5) is 35.0. The molecular weight excluding hydrogens is 326 g/mol. The lowest BCUT2D eigenvalue weighted by molar-refractivity contribution is 0.0644. The Balaban J connectivity index is 2.77. The molecule has 1 saturated heterocycles. The second-order valence-electron chi connectivity index (χ2n) is 7.86. The van der Waals surface area contributed by atoms with Gasteiger partial charge in [0, 0.05) is 11.1 Å². The van der Waals surface area contributed by atoms with E-state index in [-0.39, 0.29) is 33.7 Å². The van der Waals surface area contributed by atoms with Gasteiger partial charge in [-0.3, -0.25) is 0 Å². The van der Waals surface area contributed by atoms with Crippen LogP contribution in [0.4, 0.5) is 0 Å². The van der Waals surface area contributed by atoms with Crippen molar-refractivity contribution in [3.05, 3.63) is 34.4 Å². The molecule has 25 heavy (non-hydrogen) atoms. The van der Waals surface area contributed by atoms with Crippen LogP contribution in [-0.2, 0) is 0 Å². The molecule has 0 saturated carbocycles. The Morgan fingerprint density at radius 3 is 1.72 bits per heavy atom. The van der Waals surface area contributed by atoms with Crippen molar-refractivity contribution in [1.29, 1.82) is 0 Å². The third-order valence-corrected chi connectivity index (χ3v) is 4.52. The first-order valence-corrected chi connectivity index (χ1v) is 8.01. The van der Waals surface area contributed by atoms with E-state index in [9.17, 15) is 29.7 Å². The van der Waals surface area contributed by atoms with Crippen molar-refractivity contribution >= 4 is 17.9 Å².